The molecule has 0 aliphatic heterocycles. The molecule has 26 heavy (non-hydrogen) atoms. The van der Waals surface area contributed by atoms with Gasteiger partial charge in [-0.25, -0.2) is 4.98 Å². The van der Waals surface area contributed by atoms with Crippen molar-refractivity contribution in [1.29, 1.82) is 0 Å². The maximum absolute atomic E-state index is 12.5. The van der Waals surface area contributed by atoms with Gasteiger partial charge in [0.25, 0.3) is 5.91 Å². The van der Waals surface area contributed by atoms with E-state index in [1.807, 2.05) is 36.4 Å². The topological polar surface area (TPSA) is 54.9 Å². The van der Waals surface area contributed by atoms with E-state index >= 15 is 0 Å². The molecular weight excluding hydrogens is 434 g/mol. The van der Waals surface area contributed by atoms with E-state index < -0.39 is 0 Å². The molecule has 0 saturated heterocycles. The fraction of sp³-hybridized carbons (Fsp3) is 0. The third-order valence-corrected chi connectivity index (χ3v) is 5.57. The lowest BCUT2D eigenvalue weighted by Gasteiger charge is -2.09. The van der Waals surface area contributed by atoms with Crippen molar-refractivity contribution >= 4 is 60.7 Å². The molecule has 2 aromatic carbocycles. The maximum atomic E-state index is 12.5. The molecule has 0 radical (unpaired) electrons. The van der Waals surface area contributed by atoms with Crippen LogP contribution in [0.4, 0.5) is 5.69 Å². The molecule has 0 spiro atoms. The lowest BCUT2D eigenvalue weighted by molar-refractivity contribution is 0.102. The summed E-state index contributed by atoms with van der Waals surface area (Å²) in [6.07, 6.45) is 3.13. The number of pyridine rings is 1. The van der Waals surface area contributed by atoms with Crippen molar-refractivity contribution in [3.63, 3.8) is 0 Å². The Balaban J connectivity index is 1.67. The van der Waals surface area contributed by atoms with Crippen LogP contribution in [0.1, 0.15) is 10.4 Å². The summed E-state index contributed by atoms with van der Waals surface area (Å²) >= 11 is 11.2. The lowest BCUT2D eigenvalue weighted by Crippen LogP contribution is -2.12. The van der Waals surface area contributed by atoms with E-state index in [4.69, 9.17) is 11.6 Å². The van der Waals surface area contributed by atoms with Crippen molar-refractivity contribution < 1.29 is 4.79 Å². The van der Waals surface area contributed by atoms with Crippen LogP contribution in [0.2, 0.25) is 5.02 Å². The number of carbonyl (C=O) groups excluding carboxylic acids is 1. The van der Waals surface area contributed by atoms with Gasteiger partial charge in [-0.1, -0.05) is 29.8 Å². The average molecular weight is 445 g/mol. The monoisotopic (exact) mass is 443 g/mol. The highest BCUT2D eigenvalue weighted by Crippen LogP contribution is 2.34. The molecule has 4 nitrogen and oxygen atoms in total. The Morgan fingerprint density at radius 1 is 1.12 bits per heavy atom. The molecule has 0 aliphatic carbocycles. The predicted octanol–water partition coefficient (Wildman–Crippen LogP) is 6.03. The van der Waals surface area contributed by atoms with Gasteiger partial charge in [-0.15, -0.1) is 11.3 Å². The third kappa shape index (κ3) is 3.49. The quantitative estimate of drug-likeness (QED) is 0.420. The normalized spacial score (nSPS) is 10.8. The van der Waals surface area contributed by atoms with Crippen LogP contribution < -0.4 is 5.32 Å². The summed E-state index contributed by atoms with van der Waals surface area (Å²) in [5.74, 6) is -0.276. The van der Waals surface area contributed by atoms with Gasteiger partial charge in [0.15, 0.2) is 0 Å². The van der Waals surface area contributed by atoms with E-state index in [2.05, 4.69) is 31.2 Å². The summed E-state index contributed by atoms with van der Waals surface area (Å²) in [5.41, 5.74) is 2.83. The lowest BCUT2D eigenvalue weighted by atomic mass is 10.2. The van der Waals surface area contributed by atoms with Gasteiger partial charge in [-0.2, -0.15) is 0 Å². The van der Waals surface area contributed by atoms with Crippen LogP contribution in [0.5, 0.6) is 0 Å². The Kier molecular flexibility index (Phi) is 4.72. The number of carbonyl (C=O) groups is 1. The first kappa shape index (κ1) is 17.1. The van der Waals surface area contributed by atoms with Crippen LogP contribution in [0.3, 0.4) is 0 Å². The maximum Gasteiger partial charge on any atom is 0.257 e. The van der Waals surface area contributed by atoms with Crippen molar-refractivity contribution in [3.05, 3.63) is 76.0 Å². The molecule has 1 N–H and O–H groups in total. The van der Waals surface area contributed by atoms with Crippen LogP contribution in [0.15, 0.2) is 65.4 Å². The van der Waals surface area contributed by atoms with Crippen molar-refractivity contribution in [3.8, 4) is 10.6 Å². The number of hydrogen-bond donors (Lipinski definition) is 1. The second-order valence-electron chi connectivity index (χ2n) is 5.53. The molecule has 2 heterocycles. The Hall–Kier alpha value is -2.28. The van der Waals surface area contributed by atoms with E-state index in [0.717, 1.165) is 25.3 Å². The molecule has 0 bridgehead atoms. The number of thiazole rings is 1. The molecular formula is C19H11BrClN3OS. The third-order valence-electron chi connectivity index (χ3n) is 3.72. The van der Waals surface area contributed by atoms with Crippen molar-refractivity contribution in [1.82, 2.24) is 9.97 Å². The van der Waals surface area contributed by atoms with Gasteiger partial charge < -0.3 is 5.32 Å². The zero-order valence-electron chi connectivity index (χ0n) is 13.2. The highest BCUT2D eigenvalue weighted by Gasteiger charge is 2.12. The molecule has 0 saturated carbocycles. The van der Waals surface area contributed by atoms with Crippen LogP contribution in [0, 0.1) is 0 Å². The van der Waals surface area contributed by atoms with E-state index in [9.17, 15) is 4.79 Å². The number of nitrogens with zero attached hydrogens (tertiary/aromatic N) is 2. The largest absolute Gasteiger partial charge is 0.321 e. The fourth-order valence-electron chi connectivity index (χ4n) is 2.48. The summed E-state index contributed by atoms with van der Waals surface area (Å²) in [6, 6.07) is 15.2. The van der Waals surface area contributed by atoms with E-state index in [1.54, 1.807) is 29.7 Å². The molecule has 4 rings (SSSR count). The minimum atomic E-state index is -0.276. The van der Waals surface area contributed by atoms with E-state index in [1.165, 1.54) is 6.20 Å². The number of rotatable bonds is 3. The second kappa shape index (κ2) is 7.15. The Labute approximate surface area is 167 Å². The van der Waals surface area contributed by atoms with Gasteiger partial charge in [0.1, 0.15) is 5.01 Å². The second-order valence-corrected chi connectivity index (χ2v) is 7.88. The SMILES string of the molecule is O=C(Nc1cc(-c2nc3ccccc3s2)ccc1Cl)c1cncc(Br)c1. The van der Waals surface area contributed by atoms with Gasteiger partial charge in [0, 0.05) is 22.4 Å². The van der Waals surface area contributed by atoms with Gasteiger partial charge in [-0.3, -0.25) is 9.78 Å². The molecule has 1 amide bonds. The summed E-state index contributed by atoms with van der Waals surface area (Å²) in [5, 5.41) is 4.18. The predicted molar refractivity (Wildman–Crippen MR) is 110 cm³/mol. The van der Waals surface area contributed by atoms with Crippen molar-refractivity contribution in [2.75, 3.05) is 5.32 Å². The number of anilines is 1. The Morgan fingerprint density at radius 2 is 1.96 bits per heavy atom. The van der Waals surface area contributed by atoms with Gasteiger partial charge in [-0.05, 0) is 46.3 Å². The molecule has 7 heteroatoms. The van der Waals surface area contributed by atoms with E-state index in [0.29, 0.717) is 16.3 Å². The smallest absolute Gasteiger partial charge is 0.257 e. The molecule has 0 aliphatic rings. The van der Waals surface area contributed by atoms with Crippen molar-refractivity contribution in [2.24, 2.45) is 0 Å². The van der Waals surface area contributed by atoms with Gasteiger partial charge in [0.05, 0.1) is 26.5 Å². The number of para-hydroxylation sites is 1. The number of halogens is 2. The summed E-state index contributed by atoms with van der Waals surface area (Å²) in [4.78, 5) is 21.1. The summed E-state index contributed by atoms with van der Waals surface area (Å²) < 4.78 is 1.85. The molecule has 0 atom stereocenters. The van der Waals surface area contributed by atoms with Crippen molar-refractivity contribution in [2.45, 2.75) is 0 Å². The van der Waals surface area contributed by atoms with Gasteiger partial charge >= 0.3 is 0 Å². The molecule has 0 unspecified atom stereocenters. The zero-order chi connectivity index (χ0) is 18.1. The number of aromatic nitrogens is 2. The van der Waals surface area contributed by atoms with Crippen LogP contribution >= 0.6 is 38.9 Å². The summed E-state index contributed by atoms with van der Waals surface area (Å²) in [7, 11) is 0. The molecule has 128 valence electrons. The van der Waals surface area contributed by atoms with Crippen LogP contribution in [-0.2, 0) is 0 Å². The number of hydrogen-bond acceptors (Lipinski definition) is 4. The highest BCUT2D eigenvalue weighted by atomic mass is 79.9. The van der Waals surface area contributed by atoms with Gasteiger partial charge in [0.2, 0.25) is 0 Å². The minimum absolute atomic E-state index is 0.276. The Bertz CT molecular complexity index is 1100. The number of fused-ring (bicyclic) bond motifs is 1. The first-order valence-electron chi connectivity index (χ1n) is 7.67. The number of amides is 1. The first-order valence-corrected chi connectivity index (χ1v) is 9.66. The minimum Gasteiger partial charge on any atom is -0.321 e. The highest BCUT2D eigenvalue weighted by molar-refractivity contribution is 9.10. The van der Waals surface area contributed by atoms with Crippen LogP contribution in [0.25, 0.3) is 20.8 Å². The number of nitrogens with one attached hydrogen (secondary N) is 1. The Morgan fingerprint density at radius 3 is 2.77 bits per heavy atom. The molecule has 2 aromatic heterocycles. The fourth-order valence-corrected chi connectivity index (χ4v) is 3.97. The summed E-state index contributed by atoms with van der Waals surface area (Å²) in [6.45, 7) is 0. The standard InChI is InChI=1S/C19H11BrClN3OS/c20-13-7-12(9-22-10-13)18(25)23-16-8-11(5-6-14(16)21)19-24-15-3-1-2-4-17(15)26-19/h1-10H,(H,23,25). The van der Waals surface area contributed by atoms with Crippen LogP contribution in [-0.4, -0.2) is 15.9 Å². The molecule has 4 aromatic rings. The molecule has 0 fully saturated rings. The zero-order valence-corrected chi connectivity index (χ0v) is 16.4. The average Bonchev–Trinajstić information content (AvgIpc) is 3.07. The number of benzene rings is 2. The van der Waals surface area contributed by atoms with E-state index in [-0.39, 0.29) is 5.91 Å². The first-order chi connectivity index (χ1) is 12.6.